The average Bonchev–Trinajstić information content (AvgIpc) is 0.836. The van der Waals surface area contributed by atoms with Gasteiger partial charge in [-0.3, -0.25) is 28.1 Å². The highest BCUT2D eigenvalue weighted by Gasteiger charge is 2.28. The summed E-state index contributed by atoms with van der Waals surface area (Å²) in [6.07, 6.45) is 24.7. The monoisotopic (exact) mass is 1650 g/mol. The lowest BCUT2D eigenvalue weighted by molar-refractivity contribution is -0.901. The van der Waals surface area contributed by atoms with E-state index in [1.165, 1.54) is 135 Å². The molecule has 0 bridgehead atoms. The Morgan fingerprint density at radius 2 is 0.761 bits per heavy atom. The Labute approximate surface area is 695 Å². The number of quaternary nitrogens is 4. The van der Waals surface area contributed by atoms with Gasteiger partial charge in [0.05, 0.1) is 101 Å². The molecule has 0 aliphatic rings. The summed E-state index contributed by atoms with van der Waals surface area (Å²) in [5.74, 6) is 12.4. The molecule has 2 rings (SSSR count). The molecule has 0 heterocycles. The predicted molar refractivity (Wildman–Crippen MR) is 486 cm³/mol. The van der Waals surface area contributed by atoms with E-state index in [2.05, 4.69) is 196 Å². The molecule has 109 heavy (non-hydrogen) atoms. The van der Waals surface area contributed by atoms with Crippen LogP contribution < -0.4 is 24.9 Å². The molecule has 2 atom stereocenters. The van der Waals surface area contributed by atoms with Crippen LogP contribution in [0.1, 0.15) is 170 Å². The van der Waals surface area contributed by atoms with E-state index in [1.54, 1.807) is 14.0 Å². The van der Waals surface area contributed by atoms with Gasteiger partial charge in [-0.2, -0.15) is 70.6 Å². The number of carbonyl (C=O) groups is 4. The zero-order chi connectivity index (χ0) is 81.3. The highest BCUT2D eigenvalue weighted by atomic mass is 32.2. The van der Waals surface area contributed by atoms with Gasteiger partial charge < -0.3 is 58.1 Å². The van der Waals surface area contributed by atoms with Crippen molar-refractivity contribution in [1.29, 1.82) is 0 Å². The molecule has 0 fully saturated rings. The van der Waals surface area contributed by atoms with Crippen molar-refractivity contribution in [2.75, 3.05) is 277 Å². The molecule has 0 aliphatic carbocycles. The molecule has 0 saturated carbocycles. The maximum atomic E-state index is 12.2. The maximum Gasteiger partial charge on any atom is 0.319 e. The number of rotatable bonds is 71. The zero-order valence-corrected chi connectivity index (χ0v) is 77.4. The molecule has 0 spiro atoms. The first-order valence-corrected chi connectivity index (χ1v) is 49.1. The van der Waals surface area contributed by atoms with Gasteiger partial charge in [-0.1, -0.05) is 97.7 Å². The summed E-state index contributed by atoms with van der Waals surface area (Å²) in [5, 5.41) is 8.81. The van der Waals surface area contributed by atoms with Crippen molar-refractivity contribution in [3.63, 3.8) is 0 Å². The largest absolute Gasteiger partial charge is 0.465 e. The number of unbranched alkanes of at least 4 members (excludes halogenated alkanes) is 2. The Morgan fingerprint density at radius 3 is 1.19 bits per heavy atom. The van der Waals surface area contributed by atoms with Crippen LogP contribution in [0.25, 0.3) is 0 Å². The Kier molecular flexibility index (Phi) is 84.5. The van der Waals surface area contributed by atoms with Crippen LogP contribution in [0.15, 0.2) is 60.7 Å². The molecular weight excluding hydrogens is 1490 g/mol. The number of ketones is 1. The SMILES string of the molecule is CCC.CCC(=O)COCCCOC(=O)CNC.CCCCOCCCOCCCOCCCOCCCOCCC.CCCSCCCNC(=O)C[N+](C)(C)CCC[N+](C)(C)CC(=O)NCCCSCCC.CSCCCSCC[N+](C)(CCCC[N+](C)(CCCSCCSC)c1ccccc1)c1ccccc1. The van der Waals surface area contributed by atoms with Gasteiger partial charge in [0.25, 0.3) is 11.8 Å². The van der Waals surface area contributed by atoms with Gasteiger partial charge >= 0.3 is 5.97 Å². The lowest BCUT2D eigenvalue weighted by Crippen LogP contribution is -2.51. The van der Waals surface area contributed by atoms with Crippen molar-refractivity contribution in [3.8, 4) is 0 Å². The third-order valence-electron chi connectivity index (χ3n) is 17.0. The maximum absolute atomic E-state index is 12.2. The molecule has 0 saturated heterocycles. The minimum atomic E-state index is -0.276. The van der Waals surface area contributed by atoms with E-state index >= 15 is 0 Å². The number of ether oxygens (including phenoxy) is 7. The summed E-state index contributed by atoms with van der Waals surface area (Å²) in [7, 11) is 15.0. The fourth-order valence-corrected chi connectivity index (χ4v) is 15.8. The Balaban J connectivity index is -0.00000141. The molecule has 3 N–H and O–H groups in total. The molecule has 0 aliphatic heterocycles. The first-order chi connectivity index (χ1) is 52.7. The Morgan fingerprint density at radius 1 is 0.367 bits per heavy atom. The van der Waals surface area contributed by atoms with Crippen molar-refractivity contribution in [1.82, 2.24) is 24.9 Å². The quantitative estimate of drug-likeness (QED) is 0.0324. The summed E-state index contributed by atoms with van der Waals surface area (Å²) >= 11 is 12.1. The smallest absolute Gasteiger partial charge is 0.319 e. The van der Waals surface area contributed by atoms with Gasteiger partial charge in [0.2, 0.25) is 0 Å². The number of esters is 1. The Hall–Kier alpha value is -1.82. The summed E-state index contributed by atoms with van der Waals surface area (Å²) in [4.78, 5) is 46.2. The fraction of sp³-hybridized carbons (Fsp3) is 0.812. The fourth-order valence-electron chi connectivity index (χ4n) is 10.7. The molecule has 0 radical (unpaired) electrons. The zero-order valence-electron chi connectivity index (χ0n) is 72.5. The molecule has 2 unspecified atom stereocenters. The van der Waals surface area contributed by atoms with Gasteiger partial charge in [0.15, 0.2) is 18.9 Å². The first-order valence-electron chi connectivity index (χ1n) is 41.7. The predicted octanol–water partition coefficient (Wildman–Crippen LogP) is 16.2. The second-order valence-corrected chi connectivity index (χ2v) is 36.1. The van der Waals surface area contributed by atoms with Gasteiger partial charge in [0.1, 0.15) is 18.0 Å². The summed E-state index contributed by atoms with van der Waals surface area (Å²) in [6.45, 7) is 33.1. The van der Waals surface area contributed by atoms with Crippen molar-refractivity contribution in [2.45, 2.75) is 170 Å². The van der Waals surface area contributed by atoms with Crippen LogP contribution in [-0.4, -0.2) is 310 Å². The van der Waals surface area contributed by atoms with Crippen molar-refractivity contribution in [3.05, 3.63) is 60.7 Å². The van der Waals surface area contributed by atoms with Crippen LogP contribution in [0.2, 0.25) is 0 Å². The van der Waals surface area contributed by atoms with E-state index in [-0.39, 0.29) is 36.7 Å². The number of para-hydroxylation sites is 2. The molecule has 640 valence electrons. The van der Waals surface area contributed by atoms with E-state index in [4.69, 9.17) is 33.2 Å². The molecule has 2 aromatic rings. The average molecular weight is 1660 g/mol. The number of nitrogens with zero attached hydrogens (tertiary/aromatic N) is 4. The molecule has 24 heteroatoms. The van der Waals surface area contributed by atoms with Gasteiger partial charge in [-0.25, -0.2) is 0 Å². The van der Waals surface area contributed by atoms with Crippen molar-refractivity contribution in [2.24, 2.45) is 0 Å². The van der Waals surface area contributed by atoms with E-state index in [1.807, 2.05) is 47.0 Å². The van der Waals surface area contributed by atoms with Gasteiger partial charge in [-0.05, 0) is 155 Å². The number of likely N-dealkylation sites (N-methyl/N-ethyl adjacent to an activating group) is 3. The third-order valence-corrected chi connectivity index (χ3v) is 23.2. The van der Waals surface area contributed by atoms with Crippen LogP contribution in [0.4, 0.5) is 11.4 Å². The Bertz CT molecular complexity index is 2150. The number of amides is 2. The van der Waals surface area contributed by atoms with Crippen LogP contribution >= 0.6 is 70.6 Å². The normalized spacial score (nSPS) is 12.4. The number of thioether (sulfide) groups is 6. The molecule has 2 amide bonds. The second kappa shape index (κ2) is 82.7. The molecule has 0 aromatic heterocycles. The number of hydrogen-bond donors (Lipinski definition) is 3. The van der Waals surface area contributed by atoms with Crippen LogP contribution in [-0.2, 0) is 52.3 Å². The van der Waals surface area contributed by atoms with Crippen molar-refractivity contribution < 1.29 is 61.3 Å². The van der Waals surface area contributed by atoms with Crippen molar-refractivity contribution >= 4 is 106 Å². The number of Topliss-reactive ketones (excluding diaryl/α,β-unsaturated/α-hetero) is 1. The number of nitrogens with one attached hydrogen (secondary N) is 3. The van der Waals surface area contributed by atoms with Crippen LogP contribution in [0.5, 0.6) is 0 Å². The minimum absolute atomic E-state index is 0.0853. The third kappa shape index (κ3) is 77.2. The number of carbonyl (C=O) groups excluding carboxylic acids is 4. The minimum Gasteiger partial charge on any atom is -0.465 e. The van der Waals surface area contributed by atoms with E-state index < -0.39 is 0 Å². The lowest BCUT2D eigenvalue weighted by Gasteiger charge is -2.36. The van der Waals surface area contributed by atoms with Crippen LogP contribution in [0.3, 0.4) is 0 Å². The van der Waals surface area contributed by atoms with Gasteiger partial charge in [0, 0.05) is 135 Å². The molecule has 18 nitrogen and oxygen atoms in total. The van der Waals surface area contributed by atoms with E-state index in [9.17, 15) is 19.2 Å². The lowest BCUT2D eigenvalue weighted by atomic mass is 10.1. The highest BCUT2D eigenvalue weighted by Crippen LogP contribution is 2.26. The van der Waals surface area contributed by atoms with Gasteiger partial charge in [-0.15, -0.1) is 0 Å². The van der Waals surface area contributed by atoms with Crippen LogP contribution in [0, 0.1) is 0 Å². The van der Waals surface area contributed by atoms with E-state index in [0.717, 1.165) is 171 Å². The first kappa shape index (κ1) is 111. The highest BCUT2D eigenvalue weighted by molar-refractivity contribution is 8.02. The topological polar surface area (TPSA) is 169 Å². The van der Waals surface area contributed by atoms with E-state index in [0.29, 0.717) is 48.1 Å². The molecule has 2 aromatic carbocycles. The summed E-state index contributed by atoms with van der Waals surface area (Å²) < 4.78 is 40.9. The second-order valence-electron chi connectivity index (χ2n) is 29.2. The number of hydrogen-bond acceptors (Lipinski definition) is 18. The molecular formula is C85H167N7O11S6+4. The summed E-state index contributed by atoms with van der Waals surface area (Å²) in [5.41, 5.74) is 2.93. The standard InChI is InChI=1S/C30H50N2S4.C23H48N4O2S2.C19H40O5.C10H19NO4.C3H8/c1-31(29-15-7-5-8-16-29,21-13-24-36-28-27-34-4)19-11-12-20-32(2,30-17-9-6-10-18-30)22-26-35-25-14-23-33-3;1-7-16-30-18-9-12-24-22(28)20-26(3,4)14-11-15-27(5,6)21-23(29)25-13-10-19-31-17-8-2;1-3-5-11-21-13-7-15-23-17-9-19-24-18-8-16-22-14-6-12-20-10-4-2;1-3-9(12)8-14-5-4-6-15-10(13)7-11-2;1-3-2/h5-10,15-18H,11-14,19-28H2,1-4H3;7-21H2,1-6H3;3-19H2,1-2H3;11H,3-8H2,1-2H3;3H2,1-2H3/q+2;;;;/p+2. The number of benzene rings is 2. The summed E-state index contributed by atoms with van der Waals surface area (Å²) in [6, 6.07) is 22.4.